The minimum Gasteiger partial charge on any atom is -0.476 e. The molecule has 0 spiro atoms. The Labute approximate surface area is 113 Å². The van der Waals surface area contributed by atoms with Crippen LogP contribution in [0.5, 0.6) is 0 Å². The fraction of sp³-hybridized carbons (Fsp3) is 0.182. The first-order valence-corrected chi connectivity index (χ1v) is 5.84. The number of hydrogen-bond donors (Lipinski definition) is 1. The molecule has 7 heteroatoms. The molecule has 1 aromatic heterocycles. The van der Waals surface area contributed by atoms with Crippen molar-refractivity contribution in [3.8, 4) is 0 Å². The van der Waals surface area contributed by atoms with Gasteiger partial charge in [0, 0.05) is 0 Å². The number of nitrogens with zero attached hydrogens (tertiary/aromatic N) is 3. The van der Waals surface area contributed by atoms with Crippen LogP contribution in [0.4, 0.5) is 0 Å². The summed E-state index contributed by atoms with van der Waals surface area (Å²) < 4.78 is 1.46. The van der Waals surface area contributed by atoms with Crippen LogP contribution in [0.2, 0.25) is 10.0 Å². The molecule has 0 aliphatic rings. The van der Waals surface area contributed by atoms with Crippen LogP contribution >= 0.6 is 23.2 Å². The van der Waals surface area contributed by atoms with Gasteiger partial charge in [-0.3, -0.25) is 0 Å². The molecule has 1 heterocycles. The second-order valence-electron chi connectivity index (χ2n) is 3.74. The monoisotopic (exact) mass is 285 g/mol. The molecule has 1 aromatic carbocycles. The van der Waals surface area contributed by atoms with E-state index >= 15 is 0 Å². The molecule has 0 saturated heterocycles. The lowest BCUT2D eigenvalue weighted by Crippen LogP contribution is -2.07. The van der Waals surface area contributed by atoms with Crippen molar-refractivity contribution in [3.63, 3.8) is 0 Å². The van der Waals surface area contributed by atoms with Crippen molar-refractivity contribution < 1.29 is 9.90 Å². The molecule has 0 aliphatic carbocycles. The third-order valence-corrected chi connectivity index (χ3v) is 3.29. The lowest BCUT2D eigenvalue weighted by molar-refractivity contribution is 0.0690. The number of carbonyl (C=O) groups is 1. The zero-order valence-electron chi connectivity index (χ0n) is 9.34. The van der Waals surface area contributed by atoms with Crippen LogP contribution < -0.4 is 0 Å². The van der Waals surface area contributed by atoms with Crippen LogP contribution in [0.1, 0.15) is 29.0 Å². The molecule has 1 N–H and O–H groups in total. The summed E-state index contributed by atoms with van der Waals surface area (Å²) in [7, 11) is 0. The number of rotatable bonds is 3. The second-order valence-corrected chi connectivity index (χ2v) is 4.55. The average molecular weight is 286 g/mol. The van der Waals surface area contributed by atoms with Crippen molar-refractivity contribution >= 4 is 29.2 Å². The molecule has 5 nitrogen and oxygen atoms in total. The van der Waals surface area contributed by atoms with E-state index in [0.29, 0.717) is 10.0 Å². The molecule has 0 fully saturated rings. The molecule has 94 valence electrons. The Morgan fingerprint density at radius 1 is 1.39 bits per heavy atom. The van der Waals surface area contributed by atoms with Gasteiger partial charge in [0.25, 0.3) is 0 Å². The van der Waals surface area contributed by atoms with Crippen molar-refractivity contribution in [1.82, 2.24) is 15.0 Å². The van der Waals surface area contributed by atoms with Gasteiger partial charge >= 0.3 is 5.97 Å². The minimum atomic E-state index is -1.11. The lowest BCUT2D eigenvalue weighted by Gasteiger charge is -2.12. The number of halogens is 2. The maximum absolute atomic E-state index is 10.7. The molecular formula is C11H9Cl2N3O2. The predicted octanol–water partition coefficient (Wildman–Crippen LogP) is 2.89. The van der Waals surface area contributed by atoms with Gasteiger partial charge < -0.3 is 5.11 Å². The first-order chi connectivity index (χ1) is 8.49. The number of benzene rings is 1. The van der Waals surface area contributed by atoms with E-state index in [1.54, 1.807) is 18.2 Å². The summed E-state index contributed by atoms with van der Waals surface area (Å²) in [4.78, 5) is 10.7. The van der Waals surface area contributed by atoms with Gasteiger partial charge in [-0.1, -0.05) is 34.5 Å². The fourth-order valence-corrected chi connectivity index (χ4v) is 1.80. The first kappa shape index (κ1) is 12.9. The summed E-state index contributed by atoms with van der Waals surface area (Å²) >= 11 is 11.8. The van der Waals surface area contributed by atoms with Gasteiger partial charge in [0.1, 0.15) is 0 Å². The largest absolute Gasteiger partial charge is 0.476 e. The van der Waals surface area contributed by atoms with E-state index in [-0.39, 0.29) is 11.7 Å². The molecule has 18 heavy (non-hydrogen) atoms. The van der Waals surface area contributed by atoms with E-state index in [4.69, 9.17) is 28.3 Å². The Bertz CT molecular complexity index is 598. The molecular weight excluding hydrogens is 277 g/mol. The van der Waals surface area contributed by atoms with Crippen LogP contribution in [0.3, 0.4) is 0 Å². The Morgan fingerprint density at radius 2 is 2.11 bits per heavy atom. The second kappa shape index (κ2) is 4.96. The molecule has 0 aliphatic heterocycles. The lowest BCUT2D eigenvalue weighted by atomic mass is 10.1. The SMILES string of the molecule is C[C@@H](c1ccc(Cl)c(Cl)c1)n1cc(C(=O)O)nn1. The van der Waals surface area contributed by atoms with Crippen LogP contribution in [0.25, 0.3) is 0 Å². The molecule has 0 saturated carbocycles. The third-order valence-electron chi connectivity index (χ3n) is 2.55. The molecule has 0 unspecified atom stereocenters. The van der Waals surface area contributed by atoms with E-state index in [0.717, 1.165) is 5.56 Å². The molecule has 0 bridgehead atoms. The van der Waals surface area contributed by atoms with Crippen LogP contribution in [-0.2, 0) is 0 Å². The molecule has 2 rings (SSSR count). The van der Waals surface area contributed by atoms with Crippen molar-refractivity contribution in [2.75, 3.05) is 0 Å². The van der Waals surface area contributed by atoms with Crippen molar-refractivity contribution in [1.29, 1.82) is 0 Å². The minimum absolute atomic E-state index is 0.0955. The molecule has 1 atom stereocenters. The van der Waals surface area contributed by atoms with Crippen LogP contribution in [0, 0.1) is 0 Å². The smallest absolute Gasteiger partial charge is 0.358 e. The molecule has 2 aromatic rings. The number of aromatic nitrogens is 3. The Hall–Kier alpha value is -1.59. The first-order valence-electron chi connectivity index (χ1n) is 5.09. The number of carboxylic acids is 1. The van der Waals surface area contributed by atoms with Crippen molar-refractivity contribution in [2.24, 2.45) is 0 Å². The number of carboxylic acid groups (broad SMARTS) is 1. The Morgan fingerprint density at radius 3 is 2.67 bits per heavy atom. The van der Waals surface area contributed by atoms with Crippen LogP contribution in [0.15, 0.2) is 24.4 Å². The maximum atomic E-state index is 10.7. The predicted molar refractivity (Wildman–Crippen MR) is 67.3 cm³/mol. The van der Waals surface area contributed by atoms with Gasteiger partial charge in [0.15, 0.2) is 5.69 Å². The highest BCUT2D eigenvalue weighted by Crippen LogP contribution is 2.26. The van der Waals surface area contributed by atoms with E-state index in [2.05, 4.69) is 10.3 Å². The molecule has 0 amide bonds. The summed E-state index contributed by atoms with van der Waals surface area (Å²) in [6.07, 6.45) is 1.37. The summed E-state index contributed by atoms with van der Waals surface area (Å²) in [5, 5.41) is 17.0. The van der Waals surface area contributed by atoms with E-state index in [1.807, 2.05) is 6.92 Å². The topological polar surface area (TPSA) is 68.0 Å². The van der Waals surface area contributed by atoms with Gasteiger partial charge in [0.2, 0.25) is 0 Å². The Kier molecular flexibility index (Phi) is 3.54. The van der Waals surface area contributed by atoms with Gasteiger partial charge in [-0.15, -0.1) is 5.10 Å². The quantitative estimate of drug-likeness (QED) is 0.942. The average Bonchev–Trinajstić information content (AvgIpc) is 2.81. The van der Waals surface area contributed by atoms with Gasteiger partial charge in [0.05, 0.1) is 22.3 Å². The van der Waals surface area contributed by atoms with E-state index in [1.165, 1.54) is 10.9 Å². The highest BCUT2D eigenvalue weighted by Gasteiger charge is 2.14. The normalized spacial score (nSPS) is 12.4. The van der Waals surface area contributed by atoms with Crippen molar-refractivity contribution in [2.45, 2.75) is 13.0 Å². The zero-order valence-corrected chi connectivity index (χ0v) is 10.9. The summed E-state index contributed by atoms with van der Waals surface area (Å²) in [5.74, 6) is -1.11. The number of hydrogen-bond acceptors (Lipinski definition) is 3. The summed E-state index contributed by atoms with van der Waals surface area (Å²) in [5.41, 5.74) is 0.771. The van der Waals surface area contributed by atoms with Gasteiger partial charge in [-0.05, 0) is 24.6 Å². The number of aromatic carboxylic acids is 1. The van der Waals surface area contributed by atoms with Crippen molar-refractivity contribution in [3.05, 3.63) is 45.7 Å². The Balaban J connectivity index is 2.31. The summed E-state index contributed by atoms with van der Waals surface area (Å²) in [6, 6.07) is 5.03. The highest BCUT2D eigenvalue weighted by molar-refractivity contribution is 6.42. The van der Waals surface area contributed by atoms with Gasteiger partial charge in [-0.2, -0.15) is 0 Å². The highest BCUT2D eigenvalue weighted by atomic mass is 35.5. The molecule has 0 radical (unpaired) electrons. The van der Waals surface area contributed by atoms with Gasteiger partial charge in [-0.25, -0.2) is 9.48 Å². The summed E-state index contributed by atoms with van der Waals surface area (Å²) in [6.45, 7) is 1.86. The zero-order chi connectivity index (χ0) is 13.3. The van der Waals surface area contributed by atoms with Crippen LogP contribution in [-0.4, -0.2) is 26.1 Å². The van der Waals surface area contributed by atoms with E-state index < -0.39 is 5.97 Å². The van der Waals surface area contributed by atoms with E-state index in [9.17, 15) is 4.79 Å². The third kappa shape index (κ3) is 2.47. The fourth-order valence-electron chi connectivity index (χ4n) is 1.49. The standard InChI is InChI=1S/C11H9Cl2N3O2/c1-6(7-2-3-8(12)9(13)4-7)16-5-10(11(17)18)14-15-16/h2-6H,1H3,(H,17,18)/t6-/m0/s1. The maximum Gasteiger partial charge on any atom is 0.358 e.